The maximum Gasteiger partial charge on any atom is 0.320 e. The number of methoxy groups -OCH3 is 1. The Morgan fingerprint density at radius 1 is 1.39 bits per heavy atom. The standard InChI is InChI=1S/C14H21NO3/c1-10(2)13(14(16)17)15-8-11-5-4-6-12(7-11)9-18-3/h4-7,10,13,15H,8-9H2,1-3H3,(H,16,17). The van der Waals surface area contributed by atoms with E-state index in [1.807, 2.05) is 38.1 Å². The molecule has 0 fully saturated rings. The fourth-order valence-corrected chi connectivity index (χ4v) is 1.83. The minimum absolute atomic E-state index is 0.0599. The Hall–Kier alpha value is -1.39. The predicted octanol–water partition coefficient (Wildman–Crippen LogP) is 2.03. The topological polar surface area (TPSA) is 58.6 Å². The molecule has 2 N–H and O–H groups in total. The minimum Gasteiger partial charge on any atom is -0.480 e. The van der Waals surface area contributed by atoms with Crippen LogP contribution in [-0.4, -0.2) is 24.2 Å². The molecule has 0 heterocycles. The van der Waals surface area contributed by atoms with E-state index in [4.69, 9.17) is 9.84 Å². The van der Waals surface area contributed by atoms with Gasteiger partial charge in [0.2, 0.25) is 0 Å². The van der Waals surface area contributed by atoms with Crippen molar-refractivity contribution in [1.82, 2.24) is 5.32 Å². The largest absolute Gasteiger partial charge is 0.480 e. The molecule has 100 valence electrons. The molecule has 0 aromatic heterocycles. The van der Waals surface area contributed by atoms with Crippen molar-refractivity contribution < 1.29 is 14.6 Å². The van der Waals surface area contributed by atoms with Crippen LogP contribution in [0, 0.1) is 5.92 Å². The fourth-order valence-electron chi connectivity index (χ4n) is 1.83. The first-order valence-corrected chi connectivity index (χ1v) is 6.07. The van der Waals surface area contributed by atoms with E-state index in [0.29, 0.717) is 13.2 Å². The summed E-state index contributed by atoms with van der Waals surface area (Å²) in [4.78, 5) is 11.0. The van der Waals surface area contributed by atoms with Crippen LogP contribution in [0.25, 0.3) is 0 Å². The van der Waals surface area contributed by atoms with Crippen molar-refractivity contribution in [2.75, 3.05) is 7.11 Å². The quantitative estimate of drug-likeness (QED) is 0.778. The van der Waals surface area contributed by atoms with Crippen LogP contribution in [0.4, 0.5) is 0 Å². The molecule has 0 aliphatic heterocycles. The zero-order chi connectivity index (χ0) is 13.5. The molecule has 0 aliphatic carbocycles. The van der Waals surface area contributed by atoms with E-state index < -0.39 is 12.0 Å². The number of carboxylic acid groups (broad SMARTS) is 1. The van der Waals surface area contributed by atoms with E-state index in [1.165, 1.54) is 0 Å². The number of aliphatic carboxylic acids is 1. The van der Waals surface area contributed by atoms with Gasteiger partial charge in [0.25, 0.3) is 0 Å². The lowest BCUT2D eigenvalue weighted by atomic mass is 10.0. The highest BCUT2D eigenvalue weighted by atomic mass is 16.5. The first-order valence-electron chi connectivity index (χ1n) is 6.07. The second kappa shape index (κ2) is 7.13. The van der Waals surface area contributed by atoms with Gasteiger partial charge >= 0.3 is 5.97 Å². The highest BCUT2D eigenvalue weighted by Gasteiger charge is 2.20. The SMILES string of the molecule is COCc1cccc(CNC(C(=O)O)C(C)C)c1. The van der Waals surface area contributed by atoms with Crippen molar-refractivity contribution in [1.29, 1.82) is 0 Å². The van der Waals surface area contributed by atoms with Crippen LogP contribution < -0.4 is 5.32 Å². The molecule has 0 radical (unpaired) electrons. The molecule has 4 nitrogen and oxygen atoms in total. The van der Waals surface area contributed by atoms with Gasteiger partial charge in [0, 0.05) is 13.7 Å². The number of rotatable bonds is 7. The summed E-state index contributed by atoms with van der Waals surface area (Å²) in [6.07, 6.45) is 0. The number of hydrogen-bond acceptors (Lipinski definition) is 3. The third-order valence-electron chi connectivity index (χ3n) is 2.76. The molecule has 0 aliphatic rings. The van der Waals surface area contributed by atoms with Crippen LogP contribution >= 0.6 is 0 Å². The van der Waals surface area contributed by atoms with Crippen LogP contribution in [0.3, 0.4) is 0 Å². The maximum absolute atomic E-state index is 11.0. The van der Waals surface area contributed by atoms with Gasteiger partial charge in [-0.2, -0.15) is 0 Å². The molecule has 1 unspecified atom stereocenters. The third-order valence-corrected chi connectivity index (χ3v) is 2.76. The molecule has 1 aromatic rings. The first-order chi connectivity index (χ1) is 8.54. The second-order valence-electron chi connectivity index (χ2n) is 4.69. The molecule has 0 saturated carbocycles. The Labute approximate surface area is 108 Å². The minimum atomic E-state index is -0.807. The van der Waals surface area contributed by atoms with Gasteiger partial charge in [0.05, 0.1) is 6.61 Å². The Balaban J connectivity index is 2.61. The lowest BCUT2D eigenvalue weighted by Gasteiger charge is -2.18. The summed E-state index contributed by atoms with van der Waals surface area (Å²) in [5.41, 5.74) is 2.16. The molecular formula is C14H21NO3. The van der Waals surface area contributed by atoms with Gasteiger partial charge in [-0.05, 0) is 17.0 Å². The smallest absolute Gasteiger partial charge is 0.320 e. The molecule has 18 heavy (non-hydrogen) atoms. The summed E-state index contributed by atoms with van der Waals surface area (Å²) in [5, 5.41) is 12.1. The Morgan fingerprint density at radius 2 is 2.06 bits per heavy atom. The molecular weight excluding hydrogens is 230 g/mol. The zero-order valence-electron chi connectivity index (χ0n) is 11.1. The number of carboxylic acids is 1. The molecule has 0 amide bonds. The van der Waals surface area contributed by atoms with Gasteiger partial charge in [-0.3, -0.25) is 4.79 Å². The summed E-state index contributed by atoms with van der Waals surface area (Å²) in [6.45, 7) is 4.91. The molecule has 0 spiro atoms. The van der Waals surface area contributed by atoms with Gasteiger partial charge in [0.15, 0.2) is 0 Å². The monoisotopic (exact) mass is 251 g/mol. The molecule has 0 saturated heterocycles. The van der Waals surface area contributed by atoms with E-state index in [1.54, 1.807) is 7.11 Å². The summed E-state index contributed by atoms with van der Waals surface area (Å²) < 4.78 is 5.07. The molecule has 1 rings (SSSR count). The Bertz CT molecular complexity index is 390. The zero-order valence-corrected chi connectivity index (χ0v) is 11.1. The van der Waals surface area contributed by atoms with E-state index >= 15 is 0 Å². The summed E-state index contributed by atoms with van der Waals surface area (Å²) in [7, 11) is 1.66. The Kier molecular flexibility index (Phi) is 5.82. The number of hydrogen-bond donors (Lipinski definition) is 2. The third kappa shape index (κ3) is 4.47. The van der Waals surface area contributed by atoms with Crippen LogP contribution in [0.15, 0.2) is 24.3 Å². The van der Waals surface area contributed by atoms with Gasteiger partial charge in [-0.15, -0.1) is 0 Å². The van der Waals surface area contributed by atoms with E-state index in [0.717, 1.165) is 11.1 Å². The predicted molar refractivity (Wildman–Crippen MR) is 70.3 cm³/mol. The van der Waals surface area contributed by atoms with Crippen molar-refractivity contribution in [3.05, 3.63) is 35.4 Å². The maximum atomic E-state index is 11.0. The van der Waals surface area contributed by atoms with Crippen LogP contribution in [0.5, 0.6) is 0 Å². The van der Waals surface area contributed by atoms with Gasteiger partial charge in [-0.1, -0.05) is 38.1 Å². The molecule has 1 atom stereocenters. The summed E-state index contributed by atoms with van der Waals surface area (Å²) in [5.74, 6) is -0.747. The lowest BCUT2D eigenvalue weighted by molar-refractivity contribution is -0.140. The summed E-state index contributed by atoms with van der Waals surface area (Å²) in [6, 6.07) is 7.43. The summed E-state index contributed by atoms with van der Waals surface area (Å²) >= 11 is 0. The average molecular weight is 251 g/mol. The highest BCUT2D eigenvalue weighted by molar-refractivity contribution is 5.73. The fraction of sp³-hybridized carbons (Fsp3) is 0.500. The van der Waals surface area contributed by atoms with Crippen LogP contribution in [0.2, 0.25) is 0 Å². The van der Waals surface area contributed by atoms with Crippen molar-refractivity contribution in [2.24, 2.45) is 5.92 Å². The highest BCUT2D eigenvalue weighted by Crippen LogP contribution is 2.08. The van der Waals surface area contributed by atoms with Crippen LogP contribution in [-0.2, 0) is 22.7 Å². The van der Waals surface area contributed by atoms with Crippen molar-refractivity contribution in [2.45, 2.75) is 33.0 Å². The number of carbonyl (C=O) groups is 1. The molecule has 1 aromatic carbocycles. The van der Waals surface area contributed by atoms with Gasteiger partial charge in [0.1, 0.15) is 6.04 Å². The normalized spacial score (nSPS) is 12.7. The number of nitrogens with one attached hydrogen (secondary N) is 1. The first kappa shape index (κ1) is 14.7. The van der Waals surface area contributed by atoms with Crippen molar-refractivity contribution in [3.63, 3.8) is 0 Å². The Morgan fingerprint density at radius 3 is 2.61 bits per heavy atom. The number of ether oxygens (including phenoxy) is 1. The van der Waals surface area contributed by atoms with Crippen LogP contribution in [0.1, 0.15) is 25.0 Å². The average Bonchev–Trinajstić information content (AvgIpc) is 2.29. The van der Waals surface area contributed by atoms with Crippen molar-refractivity contribution in [3.8, 4) is 0 Å². The molecule has 0 bridgehead atoms. The van der Waals surface area contributed by atoms with Gasteiger partial charge < -0.3 is 15.2 Å². The number of benzene rings is 1. The van der Waals surface area contributed by atoms with Gasteiger partial charge in [-0.25, -0.2) is 0 Å². The second-order valence-corrected chi connectivity index (χ2v) is 4.69. The molecule has 4 heteroatoms. The van der Waals surface area contributed by atoms with E-state index in [-0.39, 0.29) is 5.92 Å². The van der Waals surface area contributed by atoms with E-state index in [2.05, 4.69) is 5.32 Å². The van der Waals surface area contributed by atoms with E-state index in [9.17, 15) is 4.79 Å². The van der Waals surface area contributed by atoms with Crippen molar-refractivity contribution >= 4 is 5.97 Å². The lowest BCUT2D eigenvalue weighted by Crippen LogP contribution is -2.40.